The van der Waals surface area contributed by atoms with Gasteiger partial charge in [-0.15, -0.1) is 6.58 Å². The zero-order valence-corrected chi connectivity index (χ0v) is 9.66. The zero-order valence-electron chi connectivity index (χ0n) is 8.66. The van der Waals surface area contributed by atoms with Crippen LogP contribution in [0.1, 0.15) is 5.56 Å². The molecule has 76 valence electrons. The average molecular weight is 208 g/mol. The van der Waals surface area contributed by atoms with Crippen LogP contribution in [0.15, 0.2) is 36.9 Å². The number of allylic oxidation sites excluding steroid dienone is 1. The third kappa shape index (κ3) is 3.36. The van der Waals surface area contributed by atoms with Gasteiger partial charge >= 0.3 is 8.56 Å². The molecule has 0 unspecified atom stereocenters. The lowest BCUT2D eigenvalue weighted by Gasteiger charge is -2.19. The van der Waals surface area contributed by atoms with Gasteiger partial charge in [0.05, 0.1) is 0 Å². The highest BCUT2D eigenvalue weighted by atomic mass is 28.4. The lowest BCUT2D eigenvalue weighted by Crippen LogP contribution is -2.34. The Morgan fingerprint density at radius 3 is 2.64 bits per heavy atom. The van der Waals surface area contributed by atoms with E-state index in [1.54, 1.807) is 13.1 Å². The van der Waals surface area contributed by atoms with Crippen molar-refractivity contribution in [2.45, 2.75) is 19.5 Å². The van der Waals surface area contributed by atoms with Crippen LogP contribution in [0.4, 0.5) is 0 Å². The maximum absolute atomic E-state index is 9.65. The van der Waals surface area contributed by atoms with Crippen molar-refractivity contribution < 1.29 is 9.22 Å². The van der Waals surface area contributed by atoms with Crippen molar-refractivity contribution in [2.24, 2.45) is 0 Å². The zero-order chi connectivity index (χ0) is 10.6. The second kappa shape index (κ2) is 4.44. The highest BCUT2D eigenvalue weighted by Crippen LogP contribution is 2.21. The molecule has 0 heterocycles. The van der Waals surface area contributed by atoms with Crippen LogP contribution in [-0.4, -0.2) is 13.4 Å². The van der Waals surface area contributed by atoms with E-state index in [9.17, 15) is 4.80 Å². The summed E-state index contributed by atoms with van der Waals surface area (Å²) in [4.78, 5) is 9.65. The molecule has 0 saturated heterocycles. The fourth-order valence-electron chi connectivity index (χ4n) is 1.20. The van der Waals surface area contributed by atoms with E-state index in [0.29, 0.717) is 0 Å². The maximum atomic E-state index is 9.65. The van der Waals surface area contributed by atoms with Crippen molar-refractivity contribution in [1.29, 1.82) is 0 Å². The van der Waals surface area contributed by atoms with Crippen molar-refractivity contribution in [3.63, 3.8) is 0 Å². The molecule has 0 amide bonds. The minimum absolute atomic E-state index is 0.765. The van der Waals surface area contributed by atoms with Crippen molar-refractivity contribution in [1.82, 2.24) is 0 Å². The predicted octanol–water partition coefficient (Wildman–Crippen LogP) is 2.49. The minimum atomic E-state index is -2.49. The summed E-state index contributed by atoms with van der Waals surface area (Å²) in [5.41, 5.74) is 1.07. The third-order valence-corrected chi connectivity index (χ3v) is 2.42. The molecule has 1 rings (SSSR count). The van der Waals surface area contributed by atoms with E-state index in [1.165, 1.54) is 0 Å². The van der Waals surface area contributed by atoms with Crippen LogP contribution >= 0.6 is 0 Å². The molecule has 2 nitrogen and oxygen atoms in total. The number of hydrogen-bond donors (Lipinski definition) is 1. The molecule has 0 aliphatic rings. The molecular weight excluding hydrogens is 192 g/mol. The van der Waals surface area contributed by atoms with E-state index in [2.05, 4.69) is 6.58 Å². The van der Waals surface area contributed by atoms with E-state index in [0.717, 1.165) is 17.7 Å². The Balaban J connectivity index is 2.89. The van der Waals surface area contributed by atoms with Gasteiger partial charge in [0.15, 0.2) is 0 Å². The highest BCUT2D eigenvalue weighted by Gasteiger charge is 2.21. The third-order valence-electron chi connectivity index (χ3n) is 1.70. The number of benzene rings is 1. The summed E-state index contributed by atoms with van der Waals surface area (Å²) in [6, 6.07) is 7.72. The molecule has 0 spiro atoms. The second-order valence-corrected chi connectivity index (χ2v) is 6.75. The summed E-state index contributed by atoms with van der Waals surface area (Å²) >= 11 is 0. The van der Waals surface area contributed by atoms with Gasteiger partial charge in [-0.25, -0.2) is 0 Å². The first kappa shape index (κ1) is 11.0. The Kier molecular flexibility index (Phi) is 3.49. The van der Waals surface area contributed by atoms with Crippen LogP contribution in [0.3, 0.4) is 0 Å². The molecule has 3 heteroatoms. The van der Waals surface area contributed by atoms with Gasteiger partial charge in [-0.3, -0.25) is 0 Å². The largest absolute Gasteiger partial charge is 0.520 e. The number of para-hydroxylation sites is 1. The summed E-state index contributed by atoms with van der Waals surface area (Å²) < 4.78 is 5.53. The Morgan fingerprint density at radius 2 is 2.07 bits per heavy atom. The monoisotopic (exact) mass is 208 g/mol. The van der Waals surface area contributed by atoms with Gasteiger partial charge < -0.3 is 9.22 Å². The van der Waals surface area contributed by atoms with Gasteiger partial charge in [-0.05, 0) is 31.1 Å². The molecule has 0 saturated carbocycles. The Hall–Kier alpha value is -1.06. The van der Waals surface area contributed by atoms with Crippen LogP contribution in [0.2, 0.25) is 13.1 Å². The number of rotatable bonds is 4. The molecule has 0 aliphatic carbocycles. The maximum Gasteiger partial charge on any atom is 0.389 e. The highest BCUT2D eigenvalue weighted by molar-refractivity contribution is 6.63. The summed E-state index contributed by atoms with van der Waals surface area (Å²) in [6.07, 6.45) is 2.59. The minimum Gasteiger partial charge on any atom is -0.520 e. The first-order chi connectivity index (χ1) is 6.53. The molecule has 1 N–H and O–H groups in total. The molecule has 0 radical (unpaired) electrons. The summed E-state index contributed by atoms with van der Waals surface area (Å²) in [5.74, 6) is 0.770. The molecular formula is C11H16O2Si. The van der Waals surface area contributed by atoms with Gasteiger partial charge in [0.1, 0.15) is 5.75 Å². The molecule has 1 aromatic carbocycles. The molecule has 14 heavy (non-hydrogen) atoms. The van der Waals surface area contributed by atoms with E-state index < -0.39 is 8.56 Å². The Bertz CT molecular complexity index is 315. The predicted molar refractivity (Wildman–Crippen MR) is 60.7 cm³/mol. The second-order valence-electron chi connectivity index (χ2n) is 3.65. The van der Waals surface area contributed by atoms with Crippen molar-refractivity contribution in [3.05, 3.63) is 42.5 Å². The molecule has 0 aliphatic heterocycles. The van der Waals surface area contributed by atoms with Crippen molar-refractivity contribution >= 4 is 8.56 Å². The SMILES string of the molecule is C=CCc1ccccc1O[Si](C)(C)O. The van der Waals surface area contributed by atoms with E-state index >= 15 is 0 Å². The van der Waals surface area contributed by atoms with Gasteiger partial charge in [-0.2, -0.15) is 0 Å². The van der Waals surface area contributed by atoms with Crippen molar-refractivity contribution in [2.75, 3.05) is 0 Å². The van der Waals surface area contributed by atoms with Gasteiger partial charge in [0, 0.05) is 0 Å². The molecule has 1 aromatic rings. The van der Waals surface area contributed by atoms with E-state index in [1.807, 2.05) is 30.3 Å². The number of hydrogen-bond acceptors (Lipinski definition) is 2. The standard InChI is InChI=1S/C11H16O2Si/c1-4-7-10-8-5-6-9-11(10)13-14(2,3)12/h4-6,8-9,12H,1,7H2,2-3H3. The smallest absolute Gasteiger partial charge is 0.389 e. The average Bonchev–Trinajstić information content (AvgIpc) is 2.06. The van der Waals surface area contributed by atoms with E-state index in [4.69, 9.17) is 4.43 Å². The molecule has 0 bridgehead atoms. The Morgan fingerprint density at radius 1 is 1.43 bits per heavy atom. The first-order valence-electron chi connectivity index (χ1n) is 4.63. The summed E-state index contributed by atoms with van der Waals surface area (Å²) in [6.45, 7) is 7.18. The van der Waals surface area contributed by atoms with Gasteiger partial charge in [-0.1, -0.05) is 24.3 Å². The lowest BCUT2D eigenvalue weighted by atomic mass is 10.1. The molecule has 0 fully saturated rings. The fourth-order valence-corrected chi connectivity index (χ4v) is 1.93. The molecule has 0 atom stereocenters. The van der Waals surface area contributed by atoms with Crippen LogP contribution in [0.5, 0.6) is 5.75 Å². The topological polar surface area (TPSA) is 29.5 Å². The van der Waals surface area contributed by atoms with E-state index in [-0.39, 0.29) is 0 Å². The normalized spacial score (nSPS) is 11.1. The van der Waals surface area contributed by atoms with Crippen LogP contribution in [-0.2, 0) is 6.42 Å². The van der Waals surface area contributed by atoms with Crippen LogP contribution in [0.25, 0.3) is 0 Å². The fraction of sp³-hybridized carbons (Fsp3) is 0.273. The molecule has 0 aromatic heterocycles. The Labute approximate surface area is 86.1 Å². The quantitative estimate of drug-likeness (QED) is 0.608. The first-order valence-corrected chi connectivity index (χ1v) is 7.48. The van der Waals surface area contributed by atoms with Crippen molar-refractivity contribution in [3.8, 4) is 5.75 Å². The lowest BCUT2D eigenvalue weighted by molar-refractivity contribution is 0.389. The van der Waals surface area contributed by atoms with Crippen LogP contribution < -0.4 is 4.43 Å². The van der Waals surface area contributed by atoms with Gasteiger partial charge in [0.25, 0.3) is 0 Å². The van der Waals surface area contributed by atoms with Gasteiger partial charge in [0.2, 0.25) is 0 Å². The summed E-state index contributed by atoms with van der Waals surface area (Å²) in [7, 11) is -2.49. The summed E-state index contributed by atoms with van der Waals surface area (Å²) in [5, 5.41) is 0. The van der Waals surface area contributed by atoms with Crippen LogP contribution in [0, 0.1) is 0 Å².